The Morgan fingerprint density at radius 3 is 2.47 bits per heavy atom. The summed E-state index contributed by atoms with van der Waals surface area (Å²) in [4.78, 5) is 10.4. The van der Waals surface area contributed by atoms with Gasteiger partial charge in [-0.05, 0) is 43.5 Å². The predicted molar refractivity (Wildman–Crippen MR) is 67.3 cm³/mol. The van der Waals surface area contributed by atoms with Crippen molar-refractivity contribution in [3.8, 4) is 5.75 Å². The number of methoxy groups -OCH3 is 1. The van der Waals surface area contributed by atoms with E-state index in [4.69, 9.17) is 16.3 Å². The van der Waals surface area contributed by atoms with Crippen molar-refractivity contribution >= 4 is 16.8 Å². The molecular formula is C13H15ClF2O3. The minimum Gasteiger partial charge on any atom is -0.494 e. The van der Waals surface area contributed by atoms with Gasteiger partial charge in [-0.3, -0.25) is 4.79 Å². The van der Waals surface area contributed by atoms with Crippen molar-refractivity contribution in [2.24, 2.45) is 0 Å². The maximum atomic E-state index is 12.5. The zero-order valence-corrected chi connectivity index (χ0v) is 11.4. The van der Waals surface area contributed by atoms with Gasteiger partial charge in [0.15, 0.2) is 11.6 Å². The molecule has 1 unspecified atom stereocenters. The Labute approximate surface area is 115 Å². The summed E-state index contributed by atoms with van der Waals surface area (Å²) in [6.07, 6.45) is 1.60. The second kappa shape index (κ2) is 7.40. The van der Waals surface area contributed by atoms with Gasteiger partial charge in [-0.25, -0.2) is 4.39 Å². The van der Waals surface area contributed by atoms with Crippen LogP contribution in [0.1, 0.15) is 19.8 Å². The van der Waals surface area contributed by atoms with Crippen LogP contribution in [0.2, 0.25) is 0 Å². The first kappa shape index (κ1) is 15.9. The summed E-state index contributed by atoms with van der Waals surface area (Å²) in [6, 6.07) is 3.79. The van der Waals surface area contributed by atoms with Gasteiger partial charge in [-0.2, -0.15) is 4.39 Å². The lowest BCUT2D eigenvalue weighted by Gasteiger charge is -2.03. The maximum absolute atomic E-state index is 12.5. The fourth-order valence-electron chi connectivity index (χ4n) is 1.61. The highest BCUT2D eigenvalue weighted by atomic mass is 35.5. The molecule has 3 nitrogen and oxygen atoms in total. The summed E-state index contributed by atoms with van der Waals surface area (Å²) in [5.74, 6) is -1.90. The molecule has 6 heteroatoms. The van der Waals surface area contributed by atoms with Crippen molar-refractivity contribution in [3.63, 3.8) is 0 Å². The van der Waals surface area contributed by atoms with E-state index in [0.29, 0.717) is 0 Å². The first-order valence-electron chi connectivity index (χ1n) is 5.78. The Kier molecular flexibility index (Phi) is 6.18. The Morgan fingerprint density at radius 2 is 2.11 bits per heavy atom. The molecule has 0 N–H and O–H groups in total. The molecule has 0 amide bonds. The molecule has 106 valence electrons. The van der Waals surface area contributed by atoms with Crippen molar-refractivity contribution in [1.82, 2.24) is 0 Å². The van der Waals surface area contributed by atoms with Crippen molar-refractivity contribution in [1.29, 1.82) is 0 Å². The van der Waals surface area contributed by atoms with E-state index in [0.717, 1.165) is 18.9 Å². The third-order valence-corrected chi connectivity index (χ3v) is 2.86. The number of halogens is 3. The third kappa shape index (κ3) is 4.76. The van der Waals surface area contributed by atoms with E-state index in [-0.39, 0.29) is 23.2 Å². The van der Waals surface area contributed by atoms with Crippen LogP contribution >= 0.6 is 11.6 Å². The van der Waals surface area contributed by atoms with E-state index in [9.17, 15) is 13.6 Å². The number of carbonyl (C=O) groups excluding carboxylic acids is 1. The second-order valence-electron chi connectivity index (χ2n) is 4.07. The molecule has 1 aliphatic heterocycles. The minimum atomic E-state index is -0.940. The Balaban J connectivity index is 0.000000191. The Morgan fingerprint density at radius 1 is 1.42 bits per heavy atom. The standard InChI is InChI=1S/C7H6F2O.C6H9ClO2/c1-10-6-4-2-3-5(8)7(6)9;1-4-2-3-5(9-4)6(7)8/h2-4H,1H3;4-5H,2-3H2,1H3/t;4-,5?/m.1/s1. The largest absolute Gasteiger partial charge is 0.494 e. The molecule has 0 bridgehead atoms. The molecule has 0 spiro atoms. The van der Waals surface area contributed by atoms with Gasteiger partial charge in [0.1, 0.15) is 6.10 Å². The van der Waals surface area contributed by atoms with E-state index in [1.807, 2.05) is 6.92 Å². The van der Waals surface area contributed by atoms with Crippen LogP contribution in [0.25, 0.3) is 0 Å². The molecule has 1 aromatic carbocycles. The molecular weight excluding hydrogens is 278 g/mol. The van der Waals surface area contributed by atoms with E-state index >= 15 is 0 Å². The highest BCUT2D eigenvalue weighted by Gasteiger charge is 2.26. The highest BCUT2D eigenvalue weighted by molar-refractivity contribution is 6.64. The predicted octanol–water partition coefficient (Wildman–Crippen LogP) is 3.29. The molecule has 0 aliphatic carbocycles. The van der Waals surface area contributed by atoms with Crippen LogP contribution < -0.4 is 4.74 Å². The first-order valence-corrected chi connectivity index (χ1v) is 6.16. The molecule has 0 saturated carbocycles. The Hall–Kier alpha value is -1.20. The van der Waals surface area contributed by atoms with Crippen molar-refractivity contribution in [2.45, 2.75) is 32.0 Å². The SMILES string of the molecule is COc1cccc(F)c1F.C[C@@H]1CCC(C(=O)Cl)O1. The van der Waals surface area contributed by atoms with Crippen LogP contribution in [0, 0.1) is 11.6 Å². The van der Waals surface area contributed by atoms with Crippen LogP contribution in [0.5, 0.6) is 5.75 Å². The van der Waals surface area contributed by atoms with E-state index in [1.165, 1.54) is 19.2 Å². The van der Waals surface area contributed by atoms with Gasteiger partial charge in [-0.1, -0.05) is 6.07 Å². The van der Waals surface area contributed by atoms with E-state index in [2.05, 4.69) is 4.74 Å². The average molecular weight is 293 g/mol. The third-order valence-electron chi connectivity index (χ3n) is 2.62. The fourth-order valence-corrected chi connectivity index (χ4v) is 1.77. The number of hydrogen-bond donors (Lipinski definition) is 0. The molecule has 1 fully saturated rings. The minimum absolute atomic E-state index is 0.0694. The van der Waals surface area contributed by atoms with Crippen molar-refractivity contribution < 1.29 is 23.0 Å². The van der Waals surface area contributed by atoms with Crippen LogP contribution in [-0.2, 0) is 9.53 Å². The zero-order chi connectivity index (χ0) is 14.4. The van der Waals surface area contributed by atoms with Crippen LogP contribution in [0.4, 0.5) is 8.78 Å². The molecule has 0 radical (unpaired) electrons. The quantitative estimate of drug-likeness (QED) is 0.785. The van der Waals surface area contributed by atoms with Gasteiger partial charge in [-0.15, -0.1) is 0 Å². The first-order chi connectivity index (χ1) is 8.95. The monoisotopic (exact) mass is 292 g/mol. The number of benzene rings is 1. The topological polar surface area (TPSA) is 35.5 Å². The maximum Gasteiger partial charge on any atom is 0.250 e. The lowest BCUT2D eigenvalue weighted by molar-refractivity contribution is -0.121. The van der Waals surface area contributed by atoms with Gasteiger partial charge in [0.25, 0.3) is 5.24 Å². The number of ether oxygens (including phenoxy) is 2. The van der Waals surface area contributed by atoms with Crippen LogP contribution in [0.15, 0.2) is 18.2 Å². The summed E-state index contributed by atoms with van der Waals surface area (Å²) < 4.78 is 34.5. The summed E-state index contributed by atoms with van der Waals surface area (Å²) >= 11 is 5.19. The molecule has 19 heavy (non-hydrogen) atoms. The number of hydrogen-bond acceptors (Lipinski definition) is 3. The number of carbonyl (C=O) groups is 1. The second-order valence-corrected chi connectivity index (χ2v) is 4.45. The molecule has 2 rings (SSSR count). The van der Waals surface area contributed by atoms with Crippen molar-refractivity contribution in [2.75, 3.05) is 7.11 Å². The summed E-state index contributed by atoms with van der Waals surface area (Å²) in [6.45, 7) is 1.94. The average Bonchev–Trinajstić information content (AvgIpc) is 2.80. The van der Waals surface area contributed by atoms with Crippen LogP contribution in [0.3, 0.4) is 0 Å². The molecule has 1 aromatic rings. The van der Waals surface area contributed by atoms with Gasteiger partial charge in [0.2, 0.25) is 5.82 Å². The lowest BCUT2D eigenvalue weighted by Crippen LogP contribution is -2.14. The Bertz CT molecular complexity index is 440. The summed E-state index contributed by atoms with van der Waals surface area (Å²) in [5, 5.41) is -0.362. The van der Waals surface area contributed by atoms with Gasteiger partial charge in [0, 0.05) is 0 Å². The normalized spacial score (nSPS) is 21.5. The van der Waals surface area contributed by atoms with Gasteiger partial charge < -0.3 is 9.47 Å². The van der Waals surface area contributed by atoms with Gasteiger partial charge >= 0.3 is 0 Å². The van der Waals surface area contributed by atoms with Crippen molar-refractivity contribution in [3.05, 3.63) is 29.8 Å². The van der Waals surface area contributed by atoms with E-state index in [1.54, 1.807) is 0 Å². The summed E-state index contributed by atoms with van der Waals surface area (Å²) in [7, 11) is 1.29. The highest BCUT2D eigenvalue weighted by Crippen LogP contribution is 2.20. The van der Waals surface area contributed by atoms with Crippen LogP contribution in [-0.4, -0.2) is 24.6 Å². The van der Waals surface area contributed by atoms with E-state index < -0.39 is 11.6 Å². The molecule has 2 atom stereocenters. The molecule has 1 aliphatic rings. The molecule has 0 aromatic heterocycles. The molecule has 1 heterocycles. The zero-order valence-electron chi connectivity index (χ0n) is 10.7. The smallest absolute Gasteiger partial charge is 0.250 e. The fraction of sp³-hybridized carbons (Fsp3) is 0.462. The summed E-state index contributed by atoms with van der Waals surface area (Å²) in [5.41, 5.74) is 0. The lowest BCUT2D eigenvalue weighted by atomic mass is 10.2. The molecule has 1 saturated heterocycles. The number of rotatable bonds is 2. The van der Waals surface area contributed by atoms with Gasteiger partial charge in [0.05, 0.1) is 13.2 Å².